The van der Waals surface area contributed by atoms with Gasteiger partial charge >= 0.3 is 0 Å². The predicted molar refractivity (Wildman–Crippen MR) is 54.2 cm³/mol. The summed E-state index contributed by atoms with van der Waals surface area (Å²) in [6.45, 7) is 6.62. The predicted octanol–water partition coefficient (Wildman–Crippen LogP) is 0.560. The summed E-state index contributed by atoms with van der Waals surface area (Å²) in [5.41, 5.74) is 0. The first-order valence-corrected chi connectivity index (χ1v) is 5.07. The van der Waals surface area contributed by atoms with E-state index in [0.29, 0.717) is 19.8 Å². The summed E-state index contributed by atoms with van der Waals surface area (Å²) in [4.78, 5) is 0. The summed E-state index contributed by atoms with van der Waals surface area (Å²) in [5, 5.41) is 17.9. The van der Waals surface area contributed by atoms with Gasteiger partial charge in [-0.1, -0.05) is 0 Å². The molecule has 4 heteroatoms. The Bertz CT molecular complexity index is 125. The van der Waals surface area contributed by atoms with E-state index in [4.69, 9.17) is 19.7 Å². The molecule has 3 unspecified atom stereocenters. The third kappa shape index (κ3) is 9.92. The zero-order valence-corrected chi connectivity index (χ0v) is 9.27. The highest BCUT2D eigenvalue weighted by atomic mass is 16.5. The van der Waals surface area contributed by atoms with Crippen LogP contribution >= 0.6 is 0 Å². The van der Waals surface area contributed by atoms with Crippen molar-refractivity contribution < 1.29 is 19.7 Å². The van der Waals surface area contributed by atoms with Crippen molar-refractivity contribution in [2.24, 2.45) is 0 Å². The molecule has 4 nitrogen and oxygen atoms in total. The lowest BCUT2D eigenvalue weighted by atomic mass is 10.3. The van der Waals surface area contributed by atoms with E-state index < -0.39 is 12.2 Å². The average Bonchev–Trinajstić information content (AvgIpc) is 2.08. The van der Waals surface area contributed by atoms with E-state index in [0.717, 1.165) is 6.42 Å². The molecule has 0 bridgehead atoms. The van der Waals surface area contributed by atoms with Crippen LogP contribution in [0.3, 0.4) is 0 Å². The highest BCUT2D eigenvalue weighted by Gasteiger charge is 2.04. The fourth-order valence-corrected chi connectivity index (χ4v) is 0.890. The van der Waals surface area contributed by atoms with Crippen LogP contribution in [0.5, 0.6) is 0 Å². The molecule has 0 aliphatic heterocycles. The molecule has 86 valence electrons. The van der Waals surface area contributed by atoms with Crippen molar-refractivity contribution in [3.63, 3.8) is 0 Å². The molecule has 0 aromatic carbocycles. The molecule has 0 amide bonds. The fraction of sp³-hybridized carbons (Fsp3) is 1.00. The molecule has 0 aromatic heterocycles. The number of aliphatic hydroxyl groups excluding tert-OH is 2. The van der Waals surface area contributed by atoms with Gasteiger partial charge < -0.3 is 19.7 Å². The van der Waals surface area contributed by atoms with Crippen LogP contribution in [0.15, 0.2) is 0 Å². The van der Waals surface area contributed by atoms with Gasteiger partial charge in [-0.25, -0.2) is 0 Å². The van der Waals surface area contributed by atoms with Crippen LogP contribution in [0.25, 0.3) is 0 Å². The zero-order chi connectivity index (χ0) is 11.0. The molecule has 0 rings (SSSR count). The molecule has 0 aromatic rings. The van der Waals surface area contributed by atoms with Crippen molar-refractivity contribution in [1.82, 2.24) is 0 Å². The quantitative estimate of drug-likeness (QED) is 0.570. The molecule has 0 aliphatic carbocycles. The van der Waals surface area contributed by atoms with Crippen molar-refractivity contribution in [3.05, 3.63) is 0 Å². The Morgan fingerprint density at radius 1 is 1.00 bits per heavy atom. The number of ether oxygens (including phenoxy) is 2. The highest BCUT2D eigenvalue weighted by Crippen LogP contribution is 1.99. The number of aliphatic hydroxyl groups is 2. The van der Waals surface area contributed by atoms with Gasteiger partial charge in [-0.3, -0.25) is 0 Å². The molecular formula is C10H22O4. The van der Waals surface area contributed by atoms with E-state index in [-0.39, 0.29) is 6.10 Å². The van der Waals surface area contributed by atoms with Gasteiger partial charge in [-0.2, -0.15) is 0 Å². The molecule has 14 heavy (non-hydrogen) atoms. The maximum atomic E-state index is 8.96. The first kappa shape index (κ1) is 13.8. The Morgan fingerprint density at radius 3 is 2.07 bits per heavy atom. The van der Waals surface area contributed by atoms with Crippen molar-refractivity contribution in [3.8, 4) is 0 Å². The standard InChI is InChI=1S/C10H22O4/c1-8(11)6-13-5-4-10(3)14-7-9(2)12/h8-12H,4-7H2,1-3H3. The maximum absolute atomic E-state index is 8.96. The van der Waals surface area contributed by atoms with Crippen LogP contribution in [-0.2, 0) is 9.47 Å². The van der Waals surface area contributed by atoms with E-state index in [1.54, 1.807) is 13.8 Å². The highest BCUT2D eigenvalue weighted by molar-refractivity contribution is 4.52. The second kappa shape index (κ2) is 8.17. The van der Waals surface area contributed by atoms with Crippen LogP contribution in [0.1, 0.15) is 27.2 Å². The van der Waals surface area contributed by atoms with Gasteiger partial charge in [0.15, 0.2) is 0 Å². The van der Waals surface area contributed by atoms with Crippen LogP contribution in [0.2, 0.25) is 0 Å². The molecule has 3 atom stereocenters. The lowest BCUT2D eigenvalue weighted by Gasteiger charge is -2.14. The zero-order valence-electron chi connectivity index (χ0n) is 9.27. The Hall–Kier alpha value is -0.160. The van der Waals surface area contributed by atoms with Gasteiger partial charge in [0.05, 0.1) is 31.5 Å². The lowest BCUT2D eigenvalue weighted by Crippen LogP contribution is -2.19. The molecule has 0 aliphatic rings. The Labute approximate surface area is 85.8 Å². The Kier molecular flexibility index (Phi) is 8.08. The summed E-state index contributed by atoms with van der Waals surface area (Å²) in [5.74, 6) is 0. The van der Waals surface area contributed by atoms with E-state index in [9.17, 15) is 0 Å². The van der Waals surface area contributed by atoms with Crippen molar-refractivity contribution in [2.75, 3.05) is 19.8 Å². The topological polar surface area (TPSA) is 58.9 Å². The minimum Gasteiger partial charge on any atom is -0.391 e. The first-order valence-electron chi connectivity index (χ1n) is 5.07. The Balaban J connectivity index is 3.22. The molecule has 0 spiro atoms. The van der Waals surface area contributed by atoms with Gasteiger partial charge in [-0.15, -0.1) is 0 Å². The number of rotatable bonds is 8. The smallest absolute Gasteiger partial charge is 0.0745 e. The van der Waals surface area contributed by atoms with E-state index in [1.165, 1.54) is 0 Å². The summed E-state index contributed by atoms with van der Waals surface area (Å²) in [6, 6.07) is 0. The molecular weight excluding hydrogens is 184 g/mol. The van der Waals surface area contributed by atoms with Gasteiger partial charge in [-0.05, 0) is 27.2 Å². The van der Waals surface area contributed by atoms with Crippen molar-refractivity contribution in [1.29, 1.82) is 0 Å². The normalized spacial score (nSPS) is 17.8. The van der Waals surface area contributed by atoms with Crippen LogP contribution in [0, 0.1) is 0 Å². The maximum Gasteiger partial charge on any atom is 0.0745 e. The Morgan fingerprint density at radius 2 is 1.57 bits per heavy atom. The molecule has 0 heterocycles. The fourth-order valence-electron chi connectivity index (χ4n) is 0.890. The second-order valence-electron chi connectivity index (χ2n) is 3.71. The third-order valence-electron chi connectivity index (χ3n) is 1.65. The van der Waals surface area contributed by atoms with Crippen molar-refractivity contribution in [2.45, 2.75) is 45.5 Å². The van der Waals surface area contributed by atoms with E-state index >= 15 is 0 Å². The van der Waals surface area contributed by atoms with Crippen molar-refractivity contribution >= 4 is 0 Å². The second-order valence-corrected chi connectivity index (χ2v) is 3.71. The largest absolute Gasteiger partial charge is 0.391 e. The van der Waals surface area contributed by atoms with Crippen LogP contribution < -0.4 is 0 Å². The monoisotopic (exact) mass is 206 g/mol. The van der Waals surface area contributed by atoms with Gasteiger partial charge in [0.1, 0.15) is 0 Å². The summed E-state index contributed by atoms with van der Waals surface area (Å²) >= 11 is 0. The first-order chi connectivity index (χ1) is 6.52. The van der Waals surface area contributed by atoms with E-state index in [2.05, 4.69) is 0 Å². The van der Waals surface area contributed by atoms with Crippen LogP contribution in [0.4, 0.5) is 0 Å². The van der Waals surface area contributed by atoms with Gasteiger partial charge in [0.25, 0.3) is 0 Å². The van der Waals surface area contributed by atoms with Gasteiger partial charge in [0, 0.05) is 6.61 Å². The number of hydrogen-bond donors (Lipinski definition) is 2. The number of hydrogen-bond acceptors (Lipinski definition) is 4. The summed E-state index contributed by atoms with van der Waals surface area (Å²) in [6.07, 6.45) is 0.0255. The van der Waals surface area contributed by atoms with Crippen LogP contribution in [-0.4, -0.2) is 48.3 Å². The minimum absolute atomic E-state index is 0.0820. The molecule has 0 saturated heterocycles. The minimum atomic E-state index is -0.421. The molecule has 0 fully saturated rings. The van der Waals surface area contributed by atoms with Gasteiger partial charge in [0.2, 0.25) is 0 Å². The summed E-state index contributed by atoms with van der Waals surface area (Å²) in [7, 11) is 0. The SMILES string of the molecule is CC(O)COCCC(C)OCC(C)O. The molecule has 2 N–H and O–H groups in total. The van der Waals surface area contributed by atoms with E-state index in [1.807, 2.05) is 6.92 Å². The lowest BCUT2D eigenvalue weighted by molar-refractivity contribution is -0.0184. The molecule has 0 radical (unpaired) electrons. The average molecular weight is 206 g/mol. The summed E-state index contributed by atoms with van der Waals surface area (Å²) < 4.78 is 10.5. The third-order valence-corrected chi connectivity index (χ3v) is 1.65. The molecule has 0 saturated carbocycles.